The summed E-state index contributed by atoms with van der Waals surface area (Å²) in [5.41, 5.74) is 0. The Labute approximate surface area is 112 Å². The lowest BCUT2D eigenvalue weighted by molar-refractivity contribution is 0.0336. The standard InChI is InChI=1S/C15H30N2O/c1-3-10-17-11-8-13(9-12-17)16-14-6-4-5-7-15(14)18-2/h13-16H,3-12H2,1-2H3. The van der Waals surface area contributed by atoms with Crippen LogP contribution >= 0.6 is 0 Å². The lowest BCUT2D eigenvalue weighted by Gasteiger charge is -2.38. The molecule has 0 aromatic carbocycles. The lowest BCUT2D eigenvalue weighted by Crippen LogP contribution is -2.51. The predicted octanol–water partition coefficient (Wildman–Crippen LogP) is 2.41. The van der Waals surface area contributed by atoms with Crippen molar-refractivity contribution in [3.05, 3.63) is 0 Å². The summed E-state index contributed by atoms with van der Waals surface area (Å²) in [6.07, 6.45) is 9.60. The zero-order valence-corrected chi connectivity index (χ0v) is 12.2. The normalized spacial score (nSPS) is 31.7. The van der Waals surface area contributed by atoms with Crippen molar-refractivity contribution in [2.45, 2.75) is 70.1 Å². The molecule has 1 saturated carbocycles. The topological polar surface area (TPSA) is 24.5 Å². The zero-order chi connectivity index (χ0) is 12.8. The minimum atomic E-state index is 0.451. The molecule has 3 heteroatoms. The summed E-state index contributed by atoms with van der Waals surface area (Å²) in [4.78, 5) is 2.60. The SMILES string of the molecule is CCCN1CCC(NC2CCCCC2OC)CC1. The fourth-order valence-electron chi connectivity index (χ4n) is 3.51. The van der Waals surface area contributed by atoms with E-state index < -0.39 is 0 Å². The van der Waals surface area contributed by atoms with Crippen LogP contribution in [0.3, 0.4) is 0 Å². The molecule has 3 nitrogen and oxygen atoms in total. The number of hydrogen-bond acceptors (Lipinski definition) is 3. The van der Waals surface area contributed by atoms with Gasteiger partial charge in [0.25, 0.3) is 0 Å². The van der Waals surface area contributed by atoms with Gasteiger partial charge in [-0.25, -0.2) is 0 Å². The summed E-state index contributed by atoms with van der Waals surface area (Å²) in [7, 11) is 1.87. The van der Waals surface area contributed by atoms with Gasteiger partial charge < -0.3 is 15.0 Å². The van der Waals surface area contributed by atoms with Gasteiger partial charge in [-0.2, -0.15) is 0 Å². The fraction of sp³-hybridized carbons (Fsp3) is 1.00. The van der Waals surface area contributed by atoms with Gasteiger partial charge in [-0.3, -0.25) is 0 Å². The highest BCUT2D eigenvalue weighted by Crippen LogP contribution is 2.22. The van der Waals surface area contributed by atoms with E-state index in [4.69, 9.17) is 4.74 Å². The summed E-state index contributed by atoms with van der Waals surface area (Å²) in [6.45, 7) is 6.10. The number of nitrogens with zero attached hydrogens (tertiary/aromatic N) is 1. The first-order valence-corrected chi connectivity index (χ1v) is 7.84. The second-order valence-electron chi connectivity index (χ2n) is 5.95. The average Bonchev–Trinajstić information content (AvgIpc) is 2.42. The van der Waals surface area contributed by atoms with E-state index in [1.165, 1.54) is 64.6 Å². The molecule has 0 radical (unpaired) electrons. The first-order chi connectivity index (χ1) is 8.83. The van der Waals surface area contributed by atoms with Crippen LogP contribution in [0.5, 0.6) is 0 Å². The third-order valence-corrected chi connectivity index (χ3v) is 4.58. The van der Waals surface area contributed by atoms with Crippen molar-refractivity contribution in [3.8, 4) is 0 Å². The molecule has 1 heterocycles. The quantitative estimate of drug-likeness (QED) is 0.815. The third-order valence-electron chi connectivity index (χ3n) is 4.58. The Hall–Kier alpha value is -0.120. The highest BCUT2D eigenvalue weighted by molar-refractivity contribution is 4.86. The van der Waals surface area contributed by atoms with Gasteiger partial charge in [0.05, 0.1) is 6.10 Å². The molecule has 1 aliphatic heterocycles. The first-order valence-electron chi connectivity index (χ1n) is 7.84. The van der Waals surface area contributed by atoms with Crippen LogP contribution in [0, 0.1) is 0 Å². The molecule has 106 valence electrons. The Bertz CT molecular complexity index is 227. The molecule has 1 saturated heterocycles. The smallest absolute Gasteiger partial charge is 0.0724 e. The van der Waals surface area contributed by atoms with E-state index in [1.54, 1.807) is 0 Å². The summed E-state index contributed by atoms with van der Waals surface area (Å²) in [5, 5.41) is 3.87. The van der Waals surface area contributed by atoms with Crippen LogP contribution in [0.1, 0.15) is 51.9 Å². The van der Waals surface area contributed by atoms with Crippen molar-refractivity contribution in [1.29, 1.82) is 0 Å². The highest BCUT2D eigenvalue weighted by Gasteiger charge is 2.28. The molecule has 2 aliphatic rings. The molecule has 0 aromatic heterocycles. The highest BCUT2D eigenvalue weighted by atomic mass is 16.5. The fourth-order valence-corrected chi connectivity index (χ4v) is 3.51. The molecule has 1 N–H and O–H groups in total. The van der Waals surface area contributed by atoms with Crippen molar-refractivity contribution in [3.63, 3.8) is 0 Å². The van der Waals surface area contributed by atoms with E-state index in [-0.39, 0.29) is 0 Å². The Morgan fingerprint density at radius 1 is 1.11 bits per heavy atom. The van der Waals surface area contributed by atoms with Crippen molar-refractivity contribution in [2.24, 2.45) is 0 Å². The molecule has 0 amide bonds. The maximum atomic E-state index is 5.63. The van der Waals surface area contributed by atoms with Gasteiger partial charge in [-0.15, -0.1) is 0 Å². The van der Waals surface area contributed by atoms with Crippen LogP contribution in [-0.4, -0.2) is 49.8 Å². The molecule has 18 heavy (non-hydrogen) atoms. The monoisotopic (exact) mass is 254 g/mol. The van der Waals surface area contributed by atoms with E-state index in [0.717, 1.165) is 6.04 Å². The number of rotatable bonds is 5. The van der Waals surface area contributed by atoms with Gasteiger partial charge in [0.2, 0.25) is 0 Å². The minimum absolute atomic E-state index is 0.451. The first kappa shape index (κ1) is 14.3. The zero-order valence-electron chi connectivity index (χ0n) is 12.2. The summed E-state index contributed by atoms with van der Waals surface area (Å²) in [5.74, 6) is 0. The molecule has 2 rings (SSSR count). The lowest BCUT2D eigenvalue weighted by atomic mass is 9.91. The molecule has 0 bridgehead atoms. The molecule has 0 spiro atoms. The van der Waals surface area contributed by atoms with E-state index in [2.05, 4.69) is 17.1 Å². The Morgan fingerprint density at radius 3 is 2.50 bits per heavy atom. The molecular weight excluding hydrogens is 224 g/mol. The number of methoxy groups -OCH3 is 1. The van der Waals surface area contributed by atoms with Crippen LogP contribution in [0.2, 0.25) is 0 Å². The largest absolute Gasteiger partial charge is 0.380 e. The minimum Gasteiger partial charge on any atom is -0.380 e. The van der Waals surface area contributed by atoms with Crippen LogP contribution in [0.15, 0.2) is 0 Å². The molecular formula is C15H30N2O. The Kier molecular flexibility index (Phi) is 5.93. The van der Waals surface area contributed by atoms with Gasteiger partial charge >= 0.3 is 0 Å². The molecule has 2 atom stereocenters. The maximum absolute atomic E-state index is 5.63. The summed E-state index contributed by atoms with van der Waals surface area (Å²) < 4.78 is 5.63. The van der Waals surface area contributed by atoms with Crippen molar-refractivity contribution < 1.29 is 4.74 Å². The van der Waals surface area contributed by atoms with E-state index >= 15 is 0 Å². The second-order valence-corrected chi connectivity index (χ2v) is 5.95. The van der Waals surface area contributed by atoms with Crippen molar-refractivity contribution in [2.75, 3.05) is 26.7 Å². The third kappa shape index (κ3) is 3.94. The summed E-state index contributed by atoms with van der Waals surface area (Å²) in [6, 6.07) is 1.32. The predicted molar refractivity (Wildman–Crippen MR) is 75.9 cm³/mol. The number of nitrogens with one attached hydrogen (secondary N) is 1. The van der Waals surface area contributed by atoms with Crippen LogP contribution in [0.25, 0.3) is 0 Å². The van der Waals surface area contributed by atoms with E-state index in [9.17, 15) is 0 Å². The van der Waals surface area contributed by atoms with Gasteiger partial charge in [0.1, 0.15) is 0 Å². The second kappa shape index (κ2) is 7.46. The van der Waals surface area contributed by atoms with E-state index in [1.807, 2.05) is 7.11 Å². The van der Waals surface area contributed by atoms with Crippen molar-refractivity contribution in [1.82, 2.24) is 10.2 Å². The van der Waals surface area contributed by atoms with Crippen LogP contribution in [-0.2, 0) is 4.74 Å². The van der Waals surface area contributed by atoms with Crippen LogP contribution < -0.4 is 5.32 Å². The number of likely N-dealkylation sites (tertiary alicyclic amines) is 1. The number of hydrogen-bond donors (Lipinski definition) is 1. The van der Waals surface area contributed by atoms with Crippen molar-refractivity contribution >= 4 is 0 Å². The Balaban J connectivity index is 1.73. The molecule has 1 aliphatic carbocycles. The Morgan fingerprint density at radius 2 is 1.83 bits per heavy atom. The van der Waals surface area contributed by atoms with Gasteiger partial charge in [0.15, 0.2) is 0 Å². The average molecular weight is 254 g/mol. The number of piperidine rings is 1. The van der Waals surface area contributed by atoms with Gasteiger partial charge in [0, 0.05) is 19.2 Å². The molecule has 0 aromatic rings. The van der Waals surface area contributed by atoms with Gasteiger partial charge in [-0.05, 0) is 51.7 Å². The molecule has 2 unspecified atom stereocenters. The van der Waals surface area contributed by atoms with E-state index in [0.29, 0.717) is 12.1 Å². The van der Waals surface area contributed by atoms with Crippen LogP contribution in [0.4, 0.5) is 0 Å². The maximum Gasteiger partial charge on any atom is 0.0724 e. The summed E-state index contributed by atoms with van der Waals surface area (Å²) >= 11 is 0. The van der Waals surface area contributed by atoms with Gasteiger partial charge in [-0.1, -0.05) is 19.8 Å². The molecule has 2 fully saturated rings. The number of ether oxygens (including phenoxy) is 1.